The summed E-state index contributed by atoms with van der Waals surface area (Å²) < 4.78 is 7.46. The number of urea groups is 1. The summed E-state index contributed by atoms with van der Waals surface area (Å²) in [5, 5.41) is 10.0. The molecule has 2 aromatic heterocycles. The van der Waals surface area contributed by atoms with E-state index in [0.717, 1.165) is 31.8 Å². The van der Waals surface area contributed by atoms with Gasteiger partial charge >= 0.3 is 6.03 Å². The van der Waals surface area contributed by atoms with Crippen molar-refractivity contribution in [1.29, 1.82) is 0 Å². The Balaban J connectivity index is 1.41. The molecule has 2 N–H and O–H groups in total. The van der Waals surface area contributed by atoms with Crippen molar-refractivity contribution < 1.29 is 9.21 Å². The van der Waals surface area contributed by atoms with Crippen molar-refractivity contribution >= 4 is 6.03 Å². The molecule has 2 aromatic rings. The van der Waals surface area contributed by atoms with Gasteiger partial charge in [-0.2, -0.15) is 5.10 Å². The lowest BCUT2D eigenvalue weighted by Gasteiger charge is -2.33. The van der Waals surface area contributed by atoms with Crippen LogP contribution in [0.3, 0.4) is 0 Å². The lowest BCUT2D eigenvalue weighted by Crippen LogP contribution is -2.43. The highest BCUT2D eigenvalue weighted by atomic mass is 16.3. The number of furan rings is 1. The van der Waals surface area contributed by atoms with Crippen LogP contribution in [0.5, 0.6) is 0 Å². The van der Waals surface area contributed by atoms with Crippen molar-refractivity contribution in [2.75, 3.05) is 26.2 Å². The summed E-state index contributed by atoms with van der Waals surface area (Å²) in [5.74, 6) is 0.917. The number of likely N-dealkylation sites (tertiary alicyclic amines) is 1. The van der Waals surface area contributed by atoms with E-state index < -0.39 is 0 Å². The van der Waals surface area contributed by atoms with Crippen LogP contribution in [0, 0.1) is 0 Å². The number of aromatic nitrogens is 2. The Bertz CT molecular complexity index is 605. The summed E-state index contributed by atoms with van der Waals surface area (Å²) in [4.78, 5) is 14.5. The number of hydrogen-bond donors (Lipinski definition) is 2. The van der Waals surface area contributed by atoms with Crippen LogP contribution in [0.1, 0.15) is 37.5 Å². The first-order valence-electron chi connectivity index (χ1n) is 9.09. The lowest BCUT2D eigenvalue weighted by molar-refractivity contribution is 0.143. The maximum atomic E-state index is 12.1. The molecule has 0 aliphatic carbocycles. The largest absolute Gasteiger partial charge is 0.468 e. The van der Waals surface area contributed by atoms with Crippen molar-refractivity contribution in [3.8, 4) is 0 Å². The standard InChI is InChI=1S/C18H27N5O2/c24-18(19-8-5-12-23-13-6-9-21-23)20-15-16(17-7-4-14-25-17)22-10-2-1-3-11-22/h4,6-7,9,13-14,16H,1-3,5,8,10-12,15H2,(H2,19,20,24)/t16-/m0/s1. The number of nitrogens with one attached hydrogen (secondary N) is 2. The van der Waals surface area contributed by atoms with Gasteiger partial charge in [0.15, 0.2) is 0 Å². The second-order valence-corrected chi connectivity index (χ2v) is 6.39. The highest BCUT2D eigenvalue weighted by Crippen LogP contribution is 2.24. The fraction of sp³-hybridized carbons (Fsp3) is 0.556. The molecule has 0 radical (unpaired) electrons. The number of rotatable bonds is 8. The van der Waals surface area contributed by atoms with E-state index in [2.05, 4.69) is 20.6 Å². The highest BCUT2D eigenvalue weighted by Gasteiger charge is 2.24. The number of piperidine rings is 1. The zero-order chi connectivity index (χ0) is 17.3. The summed E-state index contributed by atoms with van der Waals surface area (Å²) >= 11 is 0. The van der Waals surface area contributed by atoms with E-state index in [1.54, 1.807) is 12.5 Å². The fourth-order valence-electron chi connectivity index (χ4n) is 3.25. The van der Waals surface area contributed by atoms with Crippen LogP contribution < -0.4 is 10.6 Å². The monoisotopic (exact) mass is 345 g/mol. The van der Waals surface area contributed by atoms with Gasteiger partial charge in [-0.3, -0.25) is 9.58 Å². The number of carbonyl (C=O) groups excluding carboxylic acids is 1. The summed E-state index contributed by atoms with van der Waals surface area (Å²) in [7, 11) is 0. The molecule has 0 aromatic carbocycles. The van der Waals surface area contributed by atoms with Crippen LogP contribution in [0.4, 0.5) is 4.79 Å². The number of hydrogen-bond acceptors (Lipinski definition) is 4. The molecule has 1 saturated heterocycles. The molecule has 0 saturated carbocycles. The first-order valence-corrected chi connectivity index (χ1v) is 9.09. The number of amides is 2. The Kier molecular flexibility index (Phi) is 6.50. The van der Waals surface area contributed by atoms with Gasteiger partial charge in [0.05, 0.1) is 12.3 Å². The van der Waals surface area contributed by atoms with Crippen LogP contribution >= 0.6 is 0 Å². The first-order chi connectivity index (χ1) is 12.3. The third-order valence-corrected chi connectivity index (χ3v) is 4.57. The minimum Gasteiger partial charge on any atom is -0.468 e. The van der Waals surface area contributed by atoms with Crippen LogP contribution in [-0.4, -0.2) is 46.9 Å². The molecule has 3 rings (SSSR count). The topological polar surface area (TPSA) is 75.3 Å². The highest BCUT2D eigenvalue weighted by molar-refractivity contribution is 5.73. The van der Waals surface area contributed by atoms with Gasteiger partial charge in [0, 0.05) is 32.0 Å². The molecule has 7 heteroatoms. The summed E-state index contributed by atoms with van der Waals surface area (Å²) in [6, 6.07) is 5.76. The van der Waals surface area contributed by atoms with Crippen molar-refractivity contribution in [2.24, 2.45) is 0 Å². The quantitative estimate of drug-likeness (QED) is 0.721. The lowest BCUT2D eigenvalue weighted by atomic mass is 10.1. The molecule has 136 valence electrons. The second kappa shape index (κ2) is 9.27. The molecule has 1 aliphatic heterocycles. The molecule has 0 bridgehead atoms. The van der Waals surface area contributed by atoms with Gasteiger partial charge in [0.25, 0.3) is 0 Å². The fourth-order valence-corrected chi connectivity index (χ4v) is 3.25. The Morgan fingerprint density at radius 3 is 2.84 bits per heavy atom. The molecule has 3 heterocycles. The van der Waals surface area contributed by atoms with Gasteiger partial charge in [-0.15, -0.1) is 0 Å². The average Bonchev–Trinajstić information content (AvgIpc) is 3.34. The number of aryl methyl sites for hydroxylation is 1. The Morgan fingerprint density at radius 2 is 2.12 bits per heavy atom. The Morgan fingerprint density at radius 1 is 1.24 bits per heavy atom. The van der Waals surface area contributed by atoms with Gasteiger partial charge in [-0.1, -0.05) is 6.42 Å². The minimum atomic E-state index is -0.131. The van der Waals surface area contributed by atoms with Crippen LogP contribution in [-0.2, 0) is 6.54 Å². The molecule has 1 atom stereocenters. The van der Waals surface area contributed by atoms with Crippen LogP contribution in [0.25, 0.3) is 0 Å². The predicted octanol–water partition coefficient (Wildman–Crippen LogP) is 2.39. The minimum absolute atomic E-state index is 0.102. The van der Waals surface area contributed by atoms with Crippen LogP contribution in [0.15, 0.2) is 41.3 Å². The molecule has 0 spiro atoms. The maximum absolute atomic E-state index is 12.1. The van der Waals surface area contributed by atoms with E-state index in [9.17, 15) is 4.79 Å². The summed E-state index contributed by atoms with van der Waals surface area (Å²) in [6.45, 7) is 4.09. The molecule has 7 nitrogen and oxygen atoms in total. The third-order valence-electron chi connectivity index (χ3n) is 4.57. The number of nitrogens with zero attached hydrogens (tertiary/aromatic N) is 3. The van der Waals surface area contributed by atoms with E-state index >= 15 is 0 Å². The second-order valence-electron chi connectivity index (χ2n) is 6.39. The third kappa shape index (κ3) is 5.35. The van der Waals surface area contributed by atoms with Gasteiger partial charge in [0.2, 0.25) is 0 Å². The summed E-state index contributed by atoms with van der Waals surface area (Å²) in [5.41, 5.74) is 0. The van der Waals surface area contributed by atoms with E-state index in [1.165, 1.54) is 19.3 Å². The molecule has 2 amide bonds. The summed E-state index contributed by atoms with van der Waals surface area (Å²) in [6.07, 6.45) is 9.92. The van der Waals surface area contributed by atoms with E-state index in [1.807, 2.05) is 29.1 Å². The van der Waals surface area contributed by atoms with Crippen molar-refractivity contribution in [3.63, 3.8) is 0 Å². The predicted molar refractivity (Wildman–Crippen MR) is 95.1 cm³/mol. The van der Waals surface area contributed by atoms with E-state index in [0.29, 0.717) is 13.1 Å². The van der Waals surface area contributed by atoms with Crippen molar-refractivity contribution in [2.45, 2.75) is 38.3 Å². The Hall–Kier alpha value is -2.28. The molecule has 25 heavy (non-hydrogen) atoms. The van der Waals surface area contributed by atoms with E-state index in [-0.39, 0.29) is 12.1 Å². The molecule has 0 unspecified atom stereocenters. The van der Waals surface area contributed by atoms with Crippen LogP contribution in [0.2, 0.25) is 0 Å². The molecule has 1 fully saturated rings. The SMILES string of the molecule is O=C(NCCCn1cccn1)NC[C@@H](c1ccco1)N1CCCCC1. The zero-order valence-electron chi connectivity index (χ0n) is 14.6. The van der Waals surface area contributed by atoms with Gasteiger partial charge in [-0.25, -0.2) is 4.79 Å². The molecular formula is C18H27N5O2. The van der Waals surface area contributed by atoms with Crippen molar-refractivity contribution in [1.82, 2.24) is 25.3 Å². The molecular weight excluding hydrogens is 318 g/mol. The Labute approximate surface area is 148 Å². The average molecular weight is 345 g/mol. The van der Waals surface area contributed by atoms with Gasteiger partial charge < -0.3 is 15.1 Å². The zero-order valence-corrected chi connectivity index (χ0v) is 14.6. The first kappa shape index (κ1) is 17.5. The van der Waals surface area contributed by atoms with Gasteiger partial charge in [0.1, 0.15) is 5.76 Å². The maximum Gasteiger partial charge on any atom is 0.314 e. The van der Waals surface area contributed by atoms with E-state index in [4.69, 9.17) is 4.42 Å². The van der Waals surface area contributed by atoms with Crippen molar-refractivity contribution in [3.05, 3.63) is 42.6 Å². The normalized spacial score (nSPS) is 16.5. The molecule has 1 aliphatic rings. The van der Waals surface area contributed by atoms with Gasteiger partial charge in [-0.05, 0) is 50.6 Å². The smallest absolute Gasteiger partial charge is 0.314 e. The number of carbonyl (C=O) groups is 1.